The van der Waals surface area contributed by atoms with Crippen molar-refractivity contribution in [3.05, 3.63) is 59.7 Å². The number of nitrogens with two attached hydrogens (primary N) is 1. The van der Waals surface area contributed by atoms with Crippen molar-refractivity contribution >= 4 is 34.9 Å². The summed E-state index contributed by atoms with van der Waals surface area (Å²) in [7, 11) is 0. The lowest BCUT2D eigenvalue weighted by molar-refractivity contribution is -0.132. The van der Waals surface area contributed by atoms with E-state index in [9.17, 15) is 19.2 Å². The molecular weight excluding hydrogens is 310 g/mol. The van der Waals surface area contributed by atoms with Crippen molar-refractivity contribution in [2.45, 2.75) is 6.92 Å². The minimum absolute atomic E-state index is 0.0926. The standard InChI is InChI=1S/C17H15N3O4/c1-10(21)11-2-6-13(7-3-11)19-16(23)17(24)20-14-8-4-12(5-9-14)15(18)22/h2-9H,1H3,(H2,18,22)(H,19,23)(H,20,24). The van der Waals surface area contributed by atoms with E-state index in [1.54, 1.807) is 12.1 Å². The van der Waals surface area contributed by atoms with Crippen molar-refractivity contribution in [2.24, 2.45) is 5.73 Å². The largest absolute Gasteiger partial charge is 0.366 e. The first kappa shape index (κ1) is 16.9. The van der Waals surface area contributed by atoms with Crippen LogP contribution >= 0.6 is 0 Å². The summed E-state index contributed by atoms with van der Waals surface area (Å²) < 4.78 is 0. The highest BCUT2D eigenvalue weighted by Crippen LogP contribution is 2.11. The maximum atomic E-state index is 11.8. The quantitative estimate of drug-likeness (QED) is 0.584. The van der Waals surface area contributed by atoms with E-state index in [0.29, 0.717) is 22.5 Å². The van der Waals surface area contributed by atoms with Crippen LogP contribution in [-0.2, 0) is 9.59 Å². The average Bonchev–Trinajstić information content (AvgIpc) is 2.55. The van der Waals surface area contributed by atoms with E-state index < -0.39 is 17.7 Å². The fourth-order valence-electron chi connectivity index (χ4n) is 1.88. The highest BCUT2D eigenvalue weighted by atomic mass is 16.2. The van der Waals surface area contributed by atoms with Crippen LogP contribution in [-0.4, -0.2) is 23.5 Å². The molecule has 2 aromatic carbocycles. The van der Waals surface area contributed by atoms with Crippen LogP contribution in [0.25, 0.3) is 0 Å². The van der Waals surface area contributed by atoms with Gasteiger partial charge in [-0.1, -0.05) is 0 Å². The monoisotopic (exact) mass is 325 g/mol. The summed E-state index contributed by atoms with van der Waals surface area (Å²) in [4.78, 5) is 45.8. The summed E-state index contributed by atoms with van der Waals surface area (Å²) in [5, 5.41) is 4.82. The van der Waals surface area contributed by atoms with E-state index in [0.717, 1.165) is 0 Å². The maximum absolute atomic E-state index is 11.8. The molecule has 122 valence electrons. The Morgan fingerprint density at radius 1 is 0.708 bits per heavy atom. The number of anilines is 2. The summed E-state index contributed by atoms with van der Waals surface area (Å²) in [6.45, 7) is 1.44. The minimum Gasteiger partial charge on any atom is -0.366 e. The lowest BCUT2D eigenvalue weighted by atomic mass is 10.1. The van der Waals surface area contributed by atoms with Gasteiger partial charge in [-0.2, -0.15) is 0 Å². The summed E-state index contributed by atoms with van der Waals surface area (Å²) in [5.74, 6) is -2.40. The Morgan fingerprint density at radius 3 is 1.42 bits per heavy atom. The molecule has 4 N–H and O–H groups in total. The van der Waals surface area contributed by atoms with Crippen LogP contribution in [0.4, 0.5) is 11.4 Å². The van der Waals surface area contributed by atoms with Crippen LogP contribution in [0.1, 0.15) is 27.6 Å². The van der Waals surface area contributed by atoms with Crippen LogP contribution in [0.5, 0.6) is 0 Å². The molecule has 0 aliphatic rings. The lowest BCUT2D eigenvalue weighted by Crippen LogP contribution is -2.29. The van der Waals surface area contributed by atoms with Gasteiger partial charge in [0, 0.05) is 22.5 Å². The van der Waals surface area contributed by atoms with Crippen LogP contribution in [0.15, 0.2) is 48.5 Å². The molecule has 0 bridgehead atoms. The van der Waals surface area contributed by atoms with Gasteiger partial charge in [-0.05, 0) is 55.5 Å². The number of primary amides is 1. The fraction of sp³-hybridized carbons (Fsp3) is 0.0588. The number of Topliss-reactive ketones (excluding diaryl/α,β-unsaturated/α-hetero) is 1. The zero-order valence-electron chi connectivity index (χ0n) is 12.8. The second-order valence-corrected chi connectivity index (χ2v) is 4.98. The molecule has 0 spiro atoms. The molecule has 0 aliphatic carbocycles. The summed E-state index contributed by atoms with van der Waals surface area (Å²) in [6.07, 6.45) is 0. The number of benzene rings is 2. The number of carbonyl (C=O) groups excluding carboxylic acids is 4. The van der Waals surface area contributed by atoms with Gasteiger partial charge in [0.05, 0.1) is 0 Å². The molecule has 0 saturated heterocycles. The molecule has 0 unspecified atom stereocenters. The van der Waals surface area contributed by atoms with Crippen LogP contribution in [0.3, 0.4) is 0 Å². The van der Waals surface area contributed by atoms with E-state index in [1.165, 1.54) is 43.3 Å². The van der Waals surface area contributed by atoms with Gasteiger partial charge in [-0.25, -0.2) is 0 Å². The Kier molecular flexibility index (Phi) is 5.06. The molecule has 24 heavy (non-hydrogen) atoms. The number of hydrogen-bond acceptors (Lipinski definition) is 4. The number of rotatable bonds is 4. The van der Waals surface area contributed by atoms with Gasteiger partial charge in [-0.3, -0.25) is 19.2 Å². The van der Waals surface area contributed by atoms with Crippen LogP contribution < -0.4 is 16.4 Å². The molecular formula is C17H15N3O4. The highest BCUT2D eigenvalue weighted by Gasteiger charge is 2.14. The van der Waals surface area contributed by atoms with Crippen molar-refractivity contribution in [1.29, 1.82) is 0 Å². The van der Waals surface area contributed by atoms with Crippen LogP contribution in [0, 0.1) is 0 Å². The van der Waals surface area contributed by atoms with Crippen molar-refractivity contribution in [3.63, 3.8) is 0 Å². The van der Waals surface area contributed by atoms with Crippen molar-refractivity contribution in [3.8, 4) is 0 Å². The third-order valence-corrected chi connectivity index (χ3v) is 3.18. The number of carbonyl (C=O) groups is 4. The zero-order chi connectivity index (χ0) is 17.7. The Balaban J connectivity index is 1.97. The molecule has 7 nitrogen and oxygen atoms in total. The zero-order valence-corrected chi connectivity index (χ0v) is 12.8. The molecule has 2 rings (SSSR count). The fourth-order valence-corrected chi connectivity index (χ4v) is 1.88. The first-order chi connectivity index (χ1) is 11.4. The number of hydrogen-bond donors (Lipinski definition) is 3. The normalized spacial score (nSPS) is 9.88. The molecule has 0 aliphatic heterocycles. The van der Waals surface area contributed by atoms with E-state index in [1.807, 2.05) is 0 Å². The van der Waals surface area contributed by atoms with E-state index in [4.69, 9.17) is 5.73 Å². The maximum Gasteiger partial charge on any atom is 0.314 e. The summed E-state index contributed by atoms with van der Waals surface area (Å²) in [5.41, 5.74) is 6.66. The second kappa shape index (κ2) is 7.19. The van der Waals surface area contributed by atoms with Gasteiger partial charge in [0.15, 0.2) is 5.78 Å². The lowest BCUT2D eigenvalue weighted by Gasteiger charge is -2.07. The van der Waals surface area contributed by atoms with Gasteiger partial charge in [-0.15, -0.1) is 0 Å². The molecule has 0 fully saturated rings. The van der Waals surface area contributed by atoms with Crippen LogP contribution in [0.2, 0.25) is 0 Å². The topological polar surface area (TPSA) is 118 Å². The summed E-state index contributed by atoms with van der Waals surface area (Å²) >= 11 is 0. The molecule has 0 radical (unpaired) electrons. The Hall–Kier alpha value is -3.48. The highest BCUT2D eigenvalue weighted by molar-refractivity contribution is 6.43. The Bertz CT molecular complexity index is 726. The molecule has 0 aromatic heterocycles. The van der Waals surface area contributed by atoms with Gasteiger partial charge in [0.2, 0.25) is 5.91 Å². The third kappa shape index (κ3) is 4.26. The van der Waals surface area contributed by atoms with Gasteiger partial charge in [0.25, 0.3) is 0 Å². The van der Waals surface area contributed by atoms with E-state index in [-0.39, 0.29) is 5.78 Å². The van der Waals surface area contributed by atoms with Gasteiger partial charge < -0.3 is 16.4 Å². The predicted octanol–water partition coefficient (Wildman–Crippen LogP) is 1.57. The average molecular weight is 325 g/mol. The van der Waals surface area contributed by atoms with E-state index in [2.05, 4.69) is 10.6 Å². The van der Waals surface area contributed by atoms with E-state index >= 15 is 0 Å². The van der Waals surface area contributed by atoms with Crippen molar-refractivity contribution in [2.75, 3.05) is 10.6 Å². The first-order valence-electron chi connectivity index (χ1n) is 7.00. The van der Waals surface area contributed by atoms with Crippen molar-refractivity contribution in [1.82, 2.24) is 0 Å². The minimum atomic E-state index is -0.863. The Labute approximate surface area is 137 Å². The molecule has 0 saturated carbocycles. The molecule has 0 atom stereocenters. The molecule has 3 amide bonds. The number of amides is 3. The predicted molar refractivity (Wildman–Crippen MR) is 88.7 cm³/mol. The SMILES string of the molecule is CC(=O)c1ccc(NC(=O)C(=O)Nc2ccc(C(N)=O)cc2)cc1. The molecule has 0 heterocycles. The molecule has 7 heteroatoms. The second-order valence-electron chi connectivity index (χ2n) is 4.98. The Morgan fingerprint density at radius 2 is 1.08 bits per heavy atom. The first-order valence-corrected chi connectivity index (χ1v) is 7.00. The number of nitrogens with one attached hydrogen (secondary N) is 2. The van der Waals surface area contributed by atoms with Gasteiger partial charge >= 0.3 is 11.8 Å². The van der Waals surface area contributed by atoms with Gasteiger partial charge in [0.1, 0.15) is 0 Å². The number of ketones is 1. The summed E-state index contributed by atoms with van der Waals surface area (Å²) in [6, 6.07) is 12.0. The van der Waals surface area contributed by atoms with Crippen molar-refractivity contribution < 1.29 is 19.2 Å². The smallest absolute Gasteiger partial charge is 0.314 e. The third-order valence-electron chi connectivity index (χ3n) is 3.18. The molecule has 2 aromatic rings.